The molecule has 166 valence electrons. The zero-order valence-electron chi connectivity index (χ0n) is 18.7. The largest absolute Gasteiger partial charge is 0.466 e. The van der Waals surface area contributed by atoms with Crippen LogP contribution in [0.15, 0.2) is 0 Å². The van der Waals surface area contributed by atoms with Gasteiger partial charge in [-0.3, -0.25) is 4.79 Å². The Balaban J connectivity index is 3.30. The fourth-order valence-corrected chi connectivity index (χ4v) is 2.69. The lowest BCUT2D eigenvalue weighted by atomic mass is 10.1. The summed E-state index contributed by atoms with van der Waals surface area (Å²) in [5, 5.41) is 5.99. The molecule has 1 amide bonds. The minimum atomic E-state index is -0.467. The molecule has 0 unspecified atom stereocenters. The van der Waals surface area contributed by atoms with Crippen molar-refractivity contribution in [3.05, 3.63) is 0 Å². The van der Waals surface area contributed by atoms with E-state index >= 15 is 0 Å². The van der Waals surface area contributed by atoms with E-state index in [1.165, 1.54) is 38.5 Å². The molecule has 0 aromatic carbocycles. The molecule has 0 fully saturated rings. The number of nitrogens with one attached hydrogen (secondary N) is 2. The molecule has 0 atom stereocenters. The van der Waals surface area contributed by atoms with Gasteiger partial charge >= 0.3 is 12.1 Å². The Kier molecular flexibility index (Phi) is 16.9. The predicted octanol–water partition coefficient (Wildman–Crippen LogP) is 4.95. The van der Waals surface area contributed by atoms with Crippen LogP contribution in [0.2, 0.25) is 0 Å². The van der Waals surface area contributed by atoms with Crippen molar-refractivity contribution in [2.24, 2.45) is 0 Å². The highest BCUT2D eigenvalue weighted by atomic mass is 16.6. The monoisotopic (exact) mass is 400 g/mol. The second kappa shape index (κ2) is 17.8. The summed E-state index contributed by atoms with van der Waals surface area (Å²) in [6.07, 6.45) is 11.6. The van der Waals surface area contributed by atoms with Gasteiger partial charge in [0.2, 0.25) is 0 Å². The molecular formula is C22H44N2O4. The van der Waals surface area contributed by atoms with Crippen LogP contribution in [0.25, 0.3) is 0 Å². The Hall–Kier alpha value is -1.30. The third kappa shape index (κ3) is 21.0. The van der Waals surface area contributed by atoms with Crippen LogP contribution in [0.5, 0.6) is 0 Å². The highest BCUT2D eigenvalue weighted by Gasteiger charge is 2.15. The van der Waals surface area contributed by atoms with Gasteiger partial charge in [0, 0.05) is 13.0 Å². The van der Waals surface area contributed by atoms with Crippen molar-refractivity contribution in [3.63, 3.8) is 0 Å². The maximum atomic E-state index is 11.7. The first kappa shape index (κ1) is 26.7. The van der Waals surface area contributed by atoms with E-state index in [2.05, 4.69) is 17.6 Å². The van der Waals surface area contributed by atoms with Crippen LogP contribution >= 0.6 is 0 Å². The summed E-state index contributed by atoms with van der Waals surface area (Å²) >= 11 is 0. The van der Waals surface area contributed by atoms with Gasteiger partial charge in [-0.2, -0.15) is 0 Å². The molecule has 0 aliphatic carbocycles. The summed E-state index contributed by atoms with van der Waals surface area (Å²) in [7, 11) is 0. The number of unbranched alkanes of at least 4 members (excludes halogenated alkanes) is 7. The Morgan fingerprint density at radius 3 is 2.04 bits per heavy atom. The maximum Gasteiger partial charge on any atom is 0.407 e. The van der Waals surface area contributed by atoms with E-state index in [0.29, 0.717) is 19.6 Å². The Morgan fingerprint density at radius 1 is 0.786 bits per heavy atom. The molecule has 0 spiro atoms. The highest BCUT2D eigenvalue weighted by molar-refractivity contribution is 5.69. The van der Waals surface area contributed by atoms with E-state index in [-0.39, 0.29) is 12.1 Å². The minimum Gasteiger partial charge on any atom is -0.466 e. The number of hydrogen-bond acceptors (Lipinski definition) is 5. The molecule has 0 radical (unpaired) electrons. The number of alkyl carbamates (subject to hydrolysis) is 1. The van der Waals surface area contributed by atoms with Crippen molar-refractivity contribution in [1.29, 1.82) is 0 Å². The second-order valence-electron chi connectivity index (χ2n) is 8.33. The zero-order chi connectivity index (χ0) is 21.1. The van der Waals surface area contributed by atoms with Crippen molar-refractivity contribution < 1.29 is 19.1 Å². The van der Waals surface area contributed by atoms with Crippen molar-refractivity contribution in [3.8, 4) is 0 Å². The fraction of sp³-hybridized carbons (Fsp3) is 0.909. The first-order valence-corrected chi connectivity index (χ1v) is 11.2. The van der Waals surface area contributed by atoms with Gasteiger partial charge in [-0.25, -0.2) is 4.79 Å². The molecule has 0 saturated carbocycles. The van der Waals surface area contributed by atoms with Crippen LogP contribution < -0.4 is 10.6 Å². The molecule has 0 aromatic rings. The van der Waals surface area contributed by atoms with E-state index in [1.807, 2.05) is 20.8 Å². The lowest BCUT2D eigenvalue weighted by Crippen LogP contribution is -2.34. The van der Waals surface area contributed by atoms with Crippen LogP contribution in [-0.4, -0.2) is 43.9 Å². The average molecular weight is 401 g/mol. The Morgan fingerprint density at radius 2 is 1.39 bits per heavy atom. The number of carbonyl (C=O) groups is 2. The first-order chi connectivity index (χ1) is 13.3. The summed E-state index contributed by atoms with van der Waals surface area (Å²) in [6, 6.07) is 0. The summed E-state index contributed by atoms with van der Waals surface area (Å²) in [5.41, 5.74) is -0.467. The second-order valence-corrected chi connectivity index (χ2v) is 8.33. The van der Waals surface area contributed by atoms with E-state index in [1.54, 1.807) is 0 Å². The van der Waals surface area contributed by atoms with Gasteiger partial charge < -0.3 is 20.1 Å². The molecule has 2 N–H and O–H groups in total. The van der Waals surface area contributed by atoms with Gasteiger partial charge in [0.1, 0.15) is 5.60 Å². The fourth-order valence-electron chi connectivity index (χ4n) is 2.69. The topological polar surface area (TPSA) is 76.7 Å². The number of carbonyl (C=O) groups excluding carboxylic acids is 2. The summed E-state index contributed by atoms with van der Waals surface area (Å²) < 4.78 is 10.4. The van der Waals surface area contributed by atoms with E-state index in [0.717, 1.165) is 38.8 Å². The van der Waals surface area contributed by atoms with Crippen molar-refractivity contribution in [2.75, 3.05) is 26.2 Å². The van der Waals surface area contributed by atoms with Crippen molar-refractivity contribution in [2.45, 2.75) is 104 Å². The number of rotatable bonds is 17. The standard InChI is InChI=1S/C22H44N2O4/c1-5-6-7-8-9-10-11-12-19-27-20(25)15-13-16-23-17-14-18-24-21(26)28-22(2,3)4/h23H,5-19H2,1-4H3,(H,24,26). The van der Waals surface area contributed by atoms with E-state index in [4.69, 9.17) is 9.47 Å². The van der Waals surface area contributed by atoms with Crippen LogP contribution in [0.1, 0.15) is 98.3 Å². The molecule has 0 aliphatic heterocycles. The van der Waals surface area contributed by atoms with Gasteiger partial charge in [0.05, 0.1) is 6.61 Å². The zero-order valence-corrected chi connectivity index (χ0v) is 18.7. The van der Waals surface area contributed by atoms with Gasteiger partial charge in [0.15, 0.2) is 0 Å². The van der Waals surface area contributed by atoms with Gasteiger partial charge in [0.25, 0.3) is 0 Å². The molecule has 0 aliphatic rings. The molecule has 6 nitrogen and oxygen atoms in total. The van der Waals surface area contributed by atoms with Crippen LogP contribution in [-0.2, 0) is 14.3 Å². The molecule has 6 heteroatoms. The maximum absolute atomic E-state index is 11.7. The third-order valence-electron chi connectivity index (χ3n) is 4.19. The quantitative estimate of drug-likeness (QED) is 0.267. The molecule has 0 saturated heterocycles. The van der Waals surface area contributed by atoms with Gasteiger partial charge in [-0.05, 0) is 53.1 Å². The summed E-state index contributed by atoms with van der Waals surface area (Å²) in [6.45, 7) is 10.5. The smallest absolute Gasteiger partial charge is 0.407 e. The third-order valence-corrected chi connectivity index (χ3v) is 4.19. The average Bonchev–Trinajstić information content (AvgIpc) is 2.61. The number of amides is 1. The van der Waals surface area contributed by atoms with Crippen LogP contribution in [0.4, 0.5) is 4.79 Å². The molecule has 28 heavy (non-hydrogen) atoms. The first-order valence-electron chi connectivity index (χ1n) is 11.2. The lowest BCUT2D eigenvalue weighted by molar-refractivity contribution is -0.143. The summed E-state index contributed by atoms with van der Waals surface area (Å²) in [5.74, 6) is -0.101. The molecule has 0 rings (SSSR count). The summed E-state index contributed by atoms with van der Waals surface area (Å²) in [4.78, 5) is 23.1. The Bertz CT molecular complexity index is 394. The number of ether oxygens (including phenoxy) is 2. The van der Waals surface area contributed by atoms with Gasteiger partial charge in [-0.1, -0.05) is 51.9 Å². The molecule has 0 aromatic heterocycles. The van der Waals surface area contributed by atoms with Crippen LogP contribution in [0, 0.1) is 0 Å². The SMILES string of the molecule is CCCCCCCCCCOC(=O)CCCNCCCNC(=O)OC(C)(C)C. The number of esters is 1. The van der Waals surface area contributed by atoms with Gasteiger partial charge in [-0.15, -0.1) is 0 Å². The lowest BCUT2D eigenvalue weighted by Gasteiger charge is -2.19. The highest BCUT2D eigenvalue weighted by Crippen LogP contribution is 2.08. The predicted molar refractivity (Wildman–Crippen MR) is 115 cm³/mol. The normalized spacial score (nSPS) is 11.3. The van der Waals surface area contributed by atoms with Crippen molar-refractivity contribution >= 4 is 12.1 Å². The van der Waals surface area contributed by atoms with Crippen LogP contribution in [0.3, 0.4) is 0 Å². The number of hydrogen-bond donors (Lipinski definition) is 2. The minimum absolute atomic E-state index is 0.101. The van der Waals surface area contributed by atoms with E-state index < -0.39 is 5.60 Å². The Labute approximate surface area is 172 Å². The van der Waals surface area contributed by atoms with Crippen molar-refractivity contribution in [1.82, 2.24) is 10.6 Å². The molecule has 0 heterocycles. The van der Waals surface area contributed by atoms with E-state index in [9.17, 15) is 9.59 Å². The molecular weight excluding hydrogens is 356 g/mol. The molecule has 0 bridgehead atoms.